The second-order valence-electron chi connectivity index (χ2n) is 5.19. The van der Waals surface area contributed by atoms with Gasteiger partial charge in [-0.2, -0.15) is 0 Å². The third-order valence-corrected chi connectivity index (χ3v) is 3.94. The van der Waals surface area contributed by atoms with E-state index in [-0.39, 0.29) is 0 Å². The van der Waals surface area contributed by atoms with Crippen molar-refractivity contribution in [1.82, 2.24) is 14.9 Å². The van der Waals surface area contributed by atoms with Crippen LogP contribution in [0.3, 0.4) is 0 Å². The summed E-state index contributed by atoms with van der Waals surface area (Å²) in [5.41, 5.74) is 1.58. The molecule has 0 spiro atoms. The van der Waals surface area contributed by atoms with Gasteiger partial charge >= 0.3 is 0 Å². The fourth-order valence-corrected chi connectivity index (χ4v) is 2.92. The lowest BCUT2D eigenvalue weighted by atomic mass is 9.98. The number of anilines is 1. The Hall–Kier alpha value is -1.42. The maximum atomic E-state index is 4.40. The highest BCUT2D eigenvalue weighted by atomic mass is 15.3. The molecule has 2 aliphatic rings. The molecule has 1 fully saturated rings. The van der Waals surface area contributed by atoms with E-state index in [1.165, 1.54) is 25.8 Å². The van der Waals surface area contributed by atoms with Crippen molar-refractivity contribution < 1.29 is 0 Å². The first-order valence-corrected chi connectivity index (χ1v) is 6.76. The summed E-state index contributed by atoms with van der Waals surface area (Å²) in [6, 6.07) is 2.41. The fraction of sp³-hybridized carbons (Fsp3) is 0.571. The Balaban J connectivity index is 1.80. The summed E-state index contributed by atoms with van der Waals surface area (Å²) >= 11 is 0. The van der Waals surface area contributed by atoms with Gasteiger partial charge in [0.2, 0.25) is 5.95 Å². The van der Waals surface area contributed by atoms with Gasteiger partial charge in [0.05, 0.1) is 6.04 Å². The van der Waals surface area contributed by atoms with Gasteiger partial charge in [0.25, 0.3) is 0 Å². The van der Waals surface area contributed by atoms with E-state index in [0.29, 0.717) is 6.04 Å². The molecule has 0 bridgehead atoms. The van der Waals surface area contributed by atoms with Crippen molar-refractivity contribution in [3.05, 3.63) is 30.1 Å². The second kappa shape index (κ2) is 5.06. The Bertz CT molecular complexity index is 429. The van der Waals surface area contributed by atoms with Crippen LogP contribution in [0.2, 0.25) is 0 Å². The molecule has 0 amide bonds. The SMILES string of the molecule is CN1CC=C([C@@H]2CCCN2c2ncccn2)CC1. The van der Waals surface area contributed by atoms with Crippen LogP contribution < -0.4 is 4.90 Å². The van der Waals surface area contributed by atoms with E-state index in [1.807, 2.05) is 18.5 Å². The summed E-state index contributed by atoms with van der Waals surface area (Å²) in [5, 5.41) is 0. The van der Waals surface area contributed by atoms with E-state index in [9.17, 15) is 0 Å². The molecule has 0 aliphatic carbocycles. The lowest BCUT2D eigenvalue weighted by molar-refractivity contribution is 0.353. The van der Waals surface area contributed by atoms with Crippen LogP contribution in [-0.2, 0) is 0 Å². The molecule has 96 valence electrons. The standard InChI is InChI=1S/C14H20N4/c1-17-10-5-12(6-11-17)13-4-2-9-18(13)14-15-7-3-8-16-14/h3,5,7-8,13H,2,4,6,9-11H2,1H3/t13-/m0/s1. The molecule has 4 nitrogen and oxygen atoms in total. The second-order valence-corrected chi connectivity index (χ2v) is 5.19. The summed E-state index contributed by atoms with van der Waals surface area (Å²) in [5.74, 6) is 0.889. The van der Waals surface area contributed by atoms with Gasteiger partial charge in [0.1, 0.15) is 0 Å². The number of rotatable bonds is 2. The molecule has 0 N–H and O–H groups in total. The lowest BCUT2D eigenvalue weighted by Gasteiger charge is -2.31. The molecule has 0 unspecified atom stereocenters. The smallest absolute Gasteiger partial charge is 0.225 e. The highest BCUT2D eigenvalue weighted by molar-refractivity contribution is 5.38. The number of nitrogens with zero attached hydrogens (tertiary/aromatic N) is 4. The molecular weight excluding hydrogens is 224 g/mol. The summed E-state index contributed by atoms with van der Waals surface area (Å²) in [6.45, 7) is 3.34. The van der Waals surface area contributed by atoms with Crippen LogP contribution in [0.25, 0.3) is 0 Å². The number of hydrogen-bond donors (Lipinski definition) is 0. The third-order valence-electron chi connectivity index (χ3n) is 3.94. The zero-order valence-electron chi connectivity index (χ0n) is 10.9. The molecular formula is C14H20N4. The number of hydrogen-bond acceptors (Lipinski definition) is 4. The molecule has 0 aromatic carbocycles. The number of likely N-dealkylation sites (N-methyl/N-ethyl adjacent to an activating group) is 1. The van der Waals surface area contributed by atoms with Crippen LogP contribution in [0.15, 0.2) is 30.1 Å². The van der Waals surface area contributed by atoms with E-state index in [1.54, 1.807) is 5.57 Å². The Labute approximate surface area is 108 Å². The Morgan fingerprint density at radius 1 is 1.22 bits per heavy atom. The summed E-state index contributed by atoms with van der Waals surface area (Å²) in [4.78, 5) is 13.5. The van der Waals surface area contributed by atoms with Crippen molar-refractivity contribution in [3.63, 3.8) is 0 Å². The van der Waals surface area contributed by atoms with Gasteiger partial charge in [0.15, 0.2) is 0 Å². The van der Waals surface area contributed by atoms with Crippen LogP contribution in [0.1, 0.15) is 19.3 Å². The summed E-state index contributed by atoms with van der Waals surface area (Å²) in [7, 11) is 2.18. The highest BCUT2D eigenvalue weighted by Gasteiger charge is 2.30. The Kier molecular flexibility index (Phi) is 3.28. The molecule has 1 saturated heterocycles. The average Bonchev–Trinajstić information content (AvgIpc) is 2.90. The minimum atomic E-state index is 0.529. The molecule has 3 rings (SSSR count). The Morgan fingerprint density at radius 2 is 2.06 bits per heavy atom. The fourth-order valence-electron chi connectivity index (χ4n) is 2.92. The van der Waals surface area contributed by atoms with Gasteiger partial charge in [-0.15, -0.1) is 0 Å². The van der Waals surface area contributed by atoms with Gasteiger partial charge in [-0.25, -0.2) is 9.97 Å². The van der Waals surface area contributed by atoms with E-state index >= 15 is 0 Å². The zero-order valence-corrected chi connectivity index (χ0v) is 10.9. The van der Waals surface area contributed by atoms with Gasteiger partial charge < -0.3 is 9.80 Å². The predicted molar refractivity (Wildman–Crippen MR) is 72.6 cm³/mol. The maximum absolute atomic E-state index is 4.40. The first-order chi connectivity index (χ1) is 8.84. The van der Waals surface area contributed by atoms with E-state index in [2.05, 4.69) is 32.9 Å². The Morgan fingerprint density at radius 3 is 2.78 bits per heavy atom. The van der Waals surface area contributed by atoms with Gasteiger partial charge in [0, 0.05) is 32.0 Å². The monoisotopic (exact) mass is 244 g/mol. The lowest BCUT2D eigenvalue weighted by Crippen LogP contribution is -2.36. The van der Waals surface area contributed by atoms with Crippen molar-refractivity contribution in [3.8, 4) is 0 Å². The van der Waals surface area contributed by atoms with Crippen molar-refractivity contribution >= 4 is 5.95 Å². The summed E-state index contributed by atoms with van der Waals surface area (Å²) in [6.07, 6.45) is 9.74. The largest absolute Gasteiger partial charge is 0.334 e. The quantitative estimate of drug-likeness (QED) is 0.741. The van der Waals surface area contributed by atoms with Crippen LogP contribution in [0, 0.1) is 0 Å². The molecule has 1 aromatic rings. The molecule has 0 radical (unpaired) electrons. The molecule has 3 heterocycles. The van der Waals surface area contributed by atoms with Crippen molar-refractivity contribution in [2.45, 2.75) is 25.3 Å². The van der Waals surface area contributed by atoms with Crippen LogP contribution >= 0.6 is 0 Å². The van der Waals surface area contributed by atoms with Crippen LogP contribution in [-0.4, -0.2) is 47.6 Å². The molecule has 18 heavy (non-hydrogen) atoms. The maximum Gasteiger partial charge on any atom is 0.225 e. The average molecular weight is 244 g/mol. The van der Waals surface area contributed by atoms with E-state index < -0.39 is 0 Å². The predicted octanol–water partition coefficient (Wildman–Crippen LogP) is 1.71. The highest BCUT2D eigenvalue weighted by Crippen LogP contribution is 2.29. The molecule has 2 aliphatic heterocycles. The zero-order chi connectivity index (χ0) is 12.4. The topological polar surface area (TPSA) is 32.3 Å². The molecule has 1 atom stereocenters. The van der Waals surface area contributed by atoms with Gasteiger partial charge in [-0.05, 0) is 37.9 Å². The third kappa shape index (κ3) is 2.25. The van der Waals surface area contributed by atoms with Gasteiger partial charge in [-0.3, -0.25) is 0 Å². The summed E-state index contributed by atoms with van der Waals surface area (Å²) < 4.78 is 0. The minimum absolute atomic E-state index is 0.529. The van der Waals surface area contributed by atoms with Crippen molar-refractivity contribution in [2.24, 2.45) is 0 Å². The molecule has 4 heteroatoms. The van der Waals surface area contributed by atoms with Gasteiger partial charge in [-0.1, -0.05) is 6.08 Å². The first-order valence-electron chi connectivity index (χ1n) is 6.76. The van der Waals surface area contributed by atoms with E-state index in [0.717, 1.165) is 19.0 Å². The number of aromatic nitrogens is 2. The molecule has 1 aromatic heterocycles. The van der Waals surface area contributed by atoms with Crippen LogP contribution in [0.4, 0.5) is 5.95 Å². The van der Waals surface area contributed by atoms with Crippen LogP contribution in [0.5, 0.6) is 0 Å². The first kappa shape index (κ1) is 11.7. The van der Waals surface area contributed by atoms with E-state index in [4.69, 9.17) is 0 Å². The normalized spacial score (nSPS) is 25.3. The van der Waals surface area contributed by atoms with Crippen molar-refractivity contribution in [1.29, 1.82) is 0 Å². The van der Waals surface area contributed by atoms with Crippen molar-refractivity contribution in [2.75, 3.05) is 31.6 Å². The molecule has 0 saturated carbocycles. The minimum Gasteiger partial charge on any atom is -0.334 e.